The molecule has 0 saturated heterocycles. The molecule has 3 aromatic rings. The lowest BCUT2D eigenvalue weighted by molar-refractivity contribution is -0.119. The van der Waals surface area contributed by atoms with Crippen LogP contribution in [0.5, 0.6) is 5.75 Å². The van der Waals surface area contributed by atoms with Crippen molar-refractivity contribution < 1.29 is 19.1 Å². The van der Waals surface area contributed by atoms with Crippen molar-refractivity contribution in [2.45, 2.75) is 64.5 Å². The van der Waals surface area contributed by atoms with E-state index in [-0.39, 0.29) is 11.7 Å². The molecule has 4 rings (SSSR count). The Morgan fingerprint density at radius 2 is 2.03 bits per heavy atom. The van der Waals surface area contributed by atoms with E-state index in [4.69, 9.17) is 21.1 Å². The number of ether oxygens (including phenoxy) is 2. The molecule has 0 bridgehead atoms. The molecule has 0 spiro atoms. The molecule has 1 amide bonds. The first-order chi connectivity index (χ1) is 16.8. The molecule has 1 fully saturated rings. The minimum absolute atomic E-state index is 0.0814. The fraction of sp³-hybridized carbons (Fsp3) is 0.440. The molecule has 10 heteroatoms. The van der Waals surface area contributed by atoms with Gasteiger partial charge in [-0.15, -0.1) is 11.3 Å². The van der Waals surface area contributed by atoms with Gasteiger partial charge in [0.1, 0.15) is 27.6 Å². The zero-order valence-electron chi connectivity index (χ0n) is 19.9. The van der Waals surface area contributed by atoms with E-state index in [1.165, 1.54) is 18.0 Å². The number of carbonyl (C=O) groups excluding carboxylic acids is 2. The molecule has 8 nitrogen and oxygen atoms in total. The number of rotatable bonds is 7. The molecule has 1 unspecified atom stereocenters. The van der Waals surface area contributed by atoms with Crippen molar-refractivity contribution in [2.24, 2.45) is 0 Å². The number of carbonyl (C=O) groups is 2. The molecule has 1 saturated carbocycles. The number of hydrogen-bond donors (Lipinski definition) is 1. The smallest absolute Gasteiger partial charge is 0.348 e. The molecule has 1 aromatic carbocycles. The van der Waals surface area contributed by atoms with Crippen molar-refractivity contribution in [3.8, 4) is 5.75 Å². The molecule has 2 aromatic heterocycles. The maximum absolute atomic E-state index is 13.5. The Morgan fingerprint density at radius 3 is 2.71 bits per heavy atom. The molecule has 1 aliphatic carbocycles. The first-order valence-electron chi connectivity index (χ1n) is 11.7. The monoisotopic (exact) mass is 517 g/mol. The molecule has 186 valence electrons. The lowest BCUT2D eigenvalue weighted by Crippen LogP contribution is -2.33. The first kappa shape index (κ1) is 25.2. The number of benzene rings is 1. The van der Waals surface area contributed by atoms with E-state index in [1.807, 2.05) is 6.92 Å². The highest BCUT2D eigenvalue weighted by Gasteiger charge is 2.27. The normalized spacial score (nSPS) is 15.1. The van der Waals surface area contributed by atoms with Gasteiger partial charge in [0.15, 0.2) is 0 Å². The van der Waals surface area contributed by atoms with Gasteiger partial charge in [0.25, 0.3) is 5.56 Å². The number of halogens is 1. The molecular formula is C25H28ClN3O5S. The summed E-state index contributed by atoms with van der Waals surface area (Å²) in [6.07, 6.45) is 6.63. The summed E-state index contributed by atoms with van der Waals surface area (Å²) in [6, 6.07) is 4.08. The SMILES string of the molecule is CCC(C(=O)Nc1cc(Cl)ccc1OC)n1cnc2sc(C(=O)OC3CCCCC3)c(C)c2c1=O. The predicted octanol–water partition coefficient (Wildman–Crippen LogP) is 5.51. The molecule has 1 aliphatic rings. The average Bonchev–Trinajstić information content (AvgIpc) is 3.19. The van der Waals surface area contributed by atoms with Crippen LogP contribution in [-0.2, 0) is 9.53 Å². The summed E-state index contributed by atoms with van der Waals surface area (Å²) in [5, 5.41) is 3.58. The highest BCUT2D eigenvalue weighted by atomic mass is 35.5. The van der Waals surface area contributed by atoms with Crippen LogP contribution in [-0.4, -0.2) is 34.6 Å². The van der Waals surface area contributed by atoms with E-state index in [0.717, 1.165) is 43.4 Å². The third-order valence-electron chi connectivity index (χ3n) is 6.33. The standard InChI is InChI=1S/C25H28ClN3O5S/c1-4-18(22(30)28-17-12-15(26)10-11-19(17)33-3)29-13-27-23-20(24(29)31)14(2)21(35-23)25(32)34-16-8-6-5-7-9-16/h10-13,16,18H,4-9H2,1-3H3,(H,28,30). The number of esters is 1. The van der Waals surface area contributed by atoms with Gasteiger partial charge < -0.3 is 14.8 Å². The summed E-state index contributed by atoms with van der Waals surface area (Å²) in [4.78, 5) is 44.7. The zero-order chi connectivity index (χ0) is 25.1. The lowest BCUT2D eigenvalue weighted by Gasteiger charge is -2.21. The van der Waals surface area contributed by atoms with Gasteiger partial charge in [-0.05, 0) is 62.8 Å². The minimum atomic E-state index is -0.819. The maximum Gasteiger partial charge on any atom is 0.348 e. The summed E-state index contributed by atoms with van der Waals surface area (Å²) in [5.74, 6) is -0.365. The third-order valence-corrected chi connectivity index (χ3v) is 7.75. The first-order valence-corrected chi connectivity index (χ1v) is 12.9. The van der Waals surface area contributed by atoms with Gasteiger partial charge >= 0.3 is 5.97 Å². The van der Waals surface area contributed by atoms with Crippen molar-refractivity contribution in [2.75, 3.05) is 12.4 Å². The van der Waals surface area contributed by atoms with E-state index >= 15 is 0 Å². The van der Waals surface area contributed by atoms with Crippen LogP contribution in [0.25, 0.3) is 10.2 Å². The van der Waals surface area contributed by atoms with Crippen LogP contribution in [0, 0.1) is 6.92 Å². The van der Waals surface area contributed by atoms with Crippen molar-refractivity contribution >= 4 is 50.7 Å². The molecule has 0 aliphatic heterocycles. The molecule has 1 atom stereocenters. The Labute approximate surface area is 212 Å². The molecule has 1 N–H and O–H groups in total. The predicted molar refractivity (Wildman–Crippen MR) is 137 cm³/mol. The lowest BCUT2D eigenvalue weighted by atomic mass is 9.98. The maximum atomic E-state index is 13.5. The van der Waals surface area contributed by atoms with E-state index in [1.54, 1.807) is 25.1 Å². The summed E-state index contributed by atoms with van der Waals surface area (Å²) in [6.45, 7) is 3.53. The molecule has 0 radical (unpaired) electrons. The minimum Gasteiger partial charge on any atom is -0.495 e. The van der Waals surface area contributed by atoms with E-state index < -0.39 is 17.9 Å². The summed E-state index contributed by atoms with van der Waals surface area (Å²) in [5.41, 5.74) is 0.565. The Morgan fingerprint density at radius 1 is 1.29 bits per heavy atom. The number of nitrogens with one attached hydrogen (secondary N) is 1. The Balaban J connectivity index is 1.63. The molecule has 35 heavy (non-hydrogen) atoms. The Bertz CT molecular complexity index is 1310. The van der Waals surface area contributed by atoms with Crippen molar-refractivity contribution in [1.82, 2.24) is 9.55 Å². The van der Waals surface area contributed by atoms with Gasteiger partial charge in [-0.25, -0.2) is 9.78 Å². The van der Waals surface area contributed by atoms with Gasteiger partial charge in [-0.2, -0.15) is 0 Å². The summed E-state index contributed by atoms with van der Waals surface area (Å²) in [7, 11) is 1.49. The van der Waals surface area contributed by atoms with E-state index in [2.05, 4.69) is 10.3 Å². The number of nitrogens with zero attached hydrogens (tertiary/aromatic N) is 2. The second-order valence-electron chi connectivity index (χ2n) is 8.62. The third kappa shape index (κ3) is 5.21. The fourth-order valence-corrected chi connectivity index (χ4v) is 5.64. The number of thiophene rings is 1. The number of methoxy groups -OCH3 is 1. The van der Waals surface area contributed by atoms with Crippen LogP contribution in [0.15, 0.2) is 29.3 Å². The van der Waals surface area contributed by atoms with Crippen LogP contribution in [0.1, 0.15) is 66.7 Å². The van der Waals surface area contributed by atoms with Crippen molar-refractivity contribution in [3.63, 3.8) is 0 Å². The van der Waals surface area contributed by atoms with Crippen LogP contribution in [0.2, 0.25) is 5.02 Å². The number of amides is 1. The van der Waals surface area contributed by atoms with Crippen LogP contribution in [0.3, 0.4) is 0 Å². The van der Waals surface area contributed by atoms with Gasteiger partial charge in [-0.1, -0.05) is 24.9 Å². The fourth-order valence-electron chi connectivity index (χ4n) is 4.44. The van der Waals surface area contributed by atoms with E-state index in [0.29, 0.717) is 43.5 Å². The number of hydrogen-bond acceptors (Lipinski definition) is 7. The summed E-state index contributed by atoms with van der Waals surface area (Å²) >= 11 is 7.23. The second-order valence-corrected chi connectivity index (χ2v) is 10.1. The van der Waals surface area contributed by atoms with Gasteiger partial charge in [0.2, 0.25) is 5.91 Å². The Hall–Kier alpha value is -2.91. The number of aryl methyl sites for hydroxylation is 1. The largest absolute Gasteiger partial charge is 0.495 e. The second kappa shape index (κ2) is 10.8. The average molecular weight is 518 g/mol. The highest BCUT2D eigenvalue weighted by molar-refractivity contribution is 7.20. The molecular weight excluding hydrogens is 490 g/mol. The van der Waals surface area contributed by atoms with Crippen LogP contribution >= 0.6 is 22.9 Å². The van der Waals surface area contributed by atoms with Gasteiger partial charge in [0.05, 0.1) is 24.5 Å². The summed E-state index contributed by atoms with van der Waals surface area (Å²) < 4.78 is 12.3. The number of aromatic nitrogens is 2. The van der Waals surface area contributed by atoms with Crippen molar-refractivity contribution in [1.29, 1.82) is 0 Å². The topological polar surface area (TPSA) is 99.5 Å². The zero-order valence-corrected chi connectivity index (χ0v) is 21.5. The number of fused-ring (bicyclic) bond motifs is 1. The van der Waals surface area contributed by atoms with Crippen LogP contribution < -0.4 is 15.6 Å². The van der Waals surface area contributed by atoms with Gasteiger partial charge in [-0.3, -0.25) is 14.2 Å². The highest BCUT2D eigenvalue weighted by Crippen LogP contribution is 2.31. The number of anilines is 1. The quantitative estimate of drug-likeness (QED) is 0.415. The Kier molecular flexibility index (Phi) is 7.76. The van der Waals surface area contributed by atoms with Crippen LogP contribution in [0.4, 0.5) is 5.69 Å². The molecule has 2 heterocycles. The van der Waals surface area contributed by atoms with Crippen molar-refractivity contribution in [3.05, 3.63) is 50.3 Å². The van der Waals surface area contributed by atoms with Gasteiger partial charge in [0, 0.05) is 5.02 Å². The van der Waals surface area contributed by atoms with E-state index in [9.17, 15) is 14.4 Å².